The van der Waals surface area contributed by atoms with Crippen LogP contribution in [0, 0.1) is 0 Å². The number of unbranched alkanes of at least 4 members (excludes halogenated alkanes) is 26. The van der Waals surface area contributed by atoms with Crippen LogP contribution in [0.1, 0.15) is 252 Å². The fourth-order valence-electron chi connectivity index (χ4n) is 11.3. The molecular weight excluding hydrogens is 935 g/mol. The molecule has 0 saturated carbocycles. The predicted octanol–water partition coefficient (Wildman–Crippen LogP) is 16.9. The molecule has 5 rings (SSSR count). The molecule has 0 radical (unpaired) electrons. The Hall–Kier alpha value is -2.11. The Kier molecular flexibility index (Phi) is 26.7. The molecule has 0 fully saturated rings. The average Bonchev–Trinajstić information content (AvgIpc) is 3.66. The molecule has 1 aliphatic carbocycles. The third kappa shape index (κ3) is 17.1. The van der Waals surface area contributed by atoms with Crippen LogP contribution in [-0.4, -0.2) is 23.4 Å². The highest BCUT2D eigenvalue weighted by Crippen LogP contribution is 2.48. The summed E-state index contributed by atoms with van der Waals surface area (Å²) in [5.74, 6) is 0. The fraction of sp³-hybridized carbons (Fsp3) is 0.661. The number of fused-ring (bicyclic) bond motifs is 2. The van der Waals surface area contributed by atoms with Gasteiger partial charge in [-0.05, 0) is 74.8 Å². The lowest BCUT2D eigenvalue weighted by Crippen LogP contribution is -3.00. The topological polar surface area (TPSA) is 6.25 Å². The van der Waals surface area contributed by atoms with Gasteiger partial charge in [0.1, 0.15) is 6.54 Å². The second-order valence-electron chi connectivity index (χ2n) is 21.4. The number of halogens is 2. The van der Waals surface area contributed by atoms with Gasteiger partial charge < -0.3 is 28.9 Å². The summed E-state index contributed by atoms with van der Waals surface area (Å²) in [7, 11) is 0. The highest BCUT2D eigenvalue weighted by atomic mass is 127. The Labute approximate surface area is 429 Å². The highest BCUT2D eigenvalue weighted by Gasteiger charge is 2.44. The second-order valence-corrected chi connectivity index (χ2v) is 21.8. The molecule has 4 heteroatoms. The normalized spacial score (nSPS) is 17.7. The third-order valence-corrected chi connectivity index (χ3v) is 15.9. The number of para-hydroxylation sites is 2. The summed E-state index contributed by atoms with van der Waals surface area (Å²) in [5.41, 5.74) is 11.0. The van der Waals surface area contributed by atoms with Crippen molar-refractivity contribution in [3.05, 3.63) is 106 Å². The van der Waals surface area contributed by atoms with Crippen molar-refractivity contribution in [3.8, 4) is 0 Å². The molecule has 0 spiro atoms. The molecule has 0 unspecified atom stereocenters. The third-order valence-electron chi connectivity index (χ3n) is 15.4. The van der Waals surface area contributed by atoms with Crippen molar-refractivity contribution in [2.45, 2.75) is 251 Å². The molecule has 0 aromatic heterocycles. The Morgan fingerprint density at radius 3 is 1.55 bits per heavy atom. The van der Waals surface area contributed by atoms with Crippen LogP contribution in [0.25, 0.3) is 0 Å². The zero-order valence-electron chi connectivity index (χ0n) is 43.4. The minimum absolute atomic E-state index is 0. The maximum atomic E-state index is 7.41. The van der Waals surface area contributed by atoms with Gasteiger partial charge in [-0.3, -0.25) is 0 Å². The number of hydrogen-bond acceptors (Lipinski definition) is 1. The lowest BCUT2D eigenvalue weighted by molar-refractivity contribution is -0.438. The monoisotopic (exact) mass is 1030 g/mol. The Bertz CT molecular complexity index is 1860. The van der Waals surface area contributed by atoms with E-state index in [2.05, 4.69) is 124 Å². The Balaban J connectivity index is 0.00000952. The van der Waals surface area contributed by atoms with Gasteiger partial charge in [-0.1, -0.05) is 248 Å². The molecule has 2 aromatic carbocycles. The summed E-state index contributed by atoms with van der Waals surface area (Å²) < 4.78 is 2.64. The van der Waals surface area contributed by atoms with Crippen molar-refractivity contribution >= 4 is 28.7 Å². The predicted molar refractivity (Wildman–Crippen MR) is 289 cm³/mol. The summed E-state index contributed by atoms with van der Waals surface area (Å²) >= 11 is 7.41. The molecular formula is C62H96ClIN2. The van der Waals surface area contributed by atoms with Crippen LogP contribution in [0.4, 0.5) is 11.4 Å². The van der Waals surface area contributed by atoms with Crippen LogP contribution < -0.4 is 28.9 Å². The van der Waals surface area contributed by atoms with Crippen LogP contribution in [0.5, 0.6) is 0 Å². The highest BCUT2D eigenvalue weighted by molar-refractivity contribution is 6.32. The quantitative estimate of drug-likeness (QED) is 0.0392. The lowest BCUT2D eigenvalue weighted by atomic mass is 9.81. The van der Waals surface area contributed by atoms with Gasteiger partial charge in [-0.25, -0.2) is 0 Å². The molecule has 3 aliphatic rings. The first-order valence-corrected chi connectivity index (χ1v) is 28.2. The van der Waals surface area contributed by atoms with Crippen molar-refractivity contribution in [3.63, 3.8) is 0 Å². The van der Waals surface area contributed by atoms with Crippen molar-refractivity contribution in [1.82, 2.24) is 0 Å². The van der Waals surface area contributed by atoms with E-state index in [1.807, 2.05) is 0 Å². The number of anilines is 1. The van der Waals surface area contributed by atoms with Crippen LogP contribution in [0.2, 0.25) is 0 Å². The molecule has 2 heterocycles. The van der Waals surface area contributed by atoms with Crippen molar-refractivity contribution in [1.29, 1.82) is 0 Å². The number of hydrogen-bond donors (Lipinski definition) is 0. The van der Waals surface area contributed by atoms with E-state index < -0.39 is 0 Å². The summed E-state index contributed by atoms with van der Waals surface area (Å²) in [6.45, 7) is 16.4. The van der Waals surface area contributed by atoms with Crippen LogP contribution >= 0.6 is 11.6 Å². The summed E-state index contributed by atoms with van der Waals surface area (Å²) in [6, 6.07) is 18.3. The van der Waals surface area contributed by atoms with Gasteiger partial charge in [0.25, 0.3) is 0 Å². The van der Waals surface area contributed by atoms with Crippen molar-refractivity contribution in [2.24, 2.45) is 0 Å². The van der Waals surface area contributed by atoms with Crippen LogP contribution in [-0.2, 0) is 10.8 Å². The average molecular weight is 1030 g/mol. The molecule has 0 bridgehead atoms. The van der Waals surface area contributed by atoms with Gasteiger partial charge in [0.05, 0.1) is 5.41 Å². The smallest absolute Gasteiger partial charge is 0.209 e. The van der Waals surface area contributed by atoms with E-state index in [0.29, 0.717) is 0 Å². The van der Waals surface area contributed by atoms with Crippen molar-refractivity contribution in [2.75, 3.05) is 18.0 Å². The van der Waals surface area contributed by atoms with Gasteiger partial charge in [-0.15, -0.1) is 0 Å². The molecule has 2 aromatic rings. The first-order valence-electron chi connectivity index (χ1n) is 27.8. The molecule has 66 heavy (non-hydrogen) atoms. The molecule has 0 saturated heterocycles. The fourth-order valence-corrected chi connectivity index (χ4v) is 11.6. The van der Waals surface area contributed by atoms with Gasteiger partial charge in [0.2, 0.25) is 5.69 Å². The maximum absolute atomic E-state index is 7.41. The maximum Gasteiger partial charge on any atom is 0.209 e. The van der Waals surface area contributed by atoms with E-state index in [1.54, 1.807) is 0 Å². The van der Waals surface area contributed by atoms with Gasteiger partial charge in [0, 0.05) is 52.5 Å². The molecule has 0 amide bonds. The zero-order chi connectivity index (χ0) is 46.2. The first kappa shape index (κ1) is 56.5. The molecule has 2 nitrogen and oxygen atoms in total. The zero-order valence-corrected chi connectivity index (χ0v) is 46.3. The SMILES string of the molecule is CCCCCCCCCCCCCCCCN1C(=CC=C2CCCC(C=CC3=[N+](CCCCCCCCCCCCCCCC)c4ccccc4C3(C)C)=C2Cl)C(C)(C)c2ccccc21.[I-]. The molecule has 368 valence electrons. The van der Waals surface area contributed by atoms with Gasteiger partial charge in [-0.2, -0.15) is 4.58 Å². The van der Waals surface area contributed by atoms with Crippen molar-refractivity contribution < 1.29 is 28.6 Å². The minimum Gasteiger partial charge on any atom is -1.00 e. The summed E-state index contributed by atoms with van der Waals surface area (Å²) in [5, 5.41) is 0.962. The standard InChI is InChI=1S/C62H96ClN2.HI/c1-7-9-11-13-15-17-19-21-23-25-27-29-31-37-50-64-56-44-35-33-42-54(56)61(3,4)58(64)48-46-52-40-39-41-53(60(52)63)47-49-59-62(5,6)55-43-34-36-45-57(55)65(59)51-38-32-30-28-26-24-22-20-18-16-14-12-10-8-2;/h33-36,42-49H,7-32,37-41,50-51H2,1-6H3;1H/q+1;/p-1. The molecule has 0 atom stereocenters. The number of benzene rings is 2. The number of allylic oxidation sites excluding steroid dienone is 8. The van der Waals surface area contributed by atoms with E-state index in [4.69, 9.17) is 11.6 Å². The van der Waals surface area contributed by atoms with E-state index in [1.165, 1.54) is 225 Å². The van der Waals surface area contributed by atoms with Crippen LogP contribution in [0.15, 0.2) is 94.7 Å². The second kappa shape index (κ2) is 31.2. The summed E-state index contributed by atoms with van der Waals surface area (Å²) in [6.07, 6.45) is 51.8. The van der Waals surface area contributed by atoms with Gasteiger partial charge >= 0.3 is 0 Å². The Morgan fingerprint density at radius 2 is 1.00 bits per heavy atom. The number of nitrogens with zero attached hydrogens (tertiary/aromatic N) is 2. The number of rotatable bonds is 33. The molecule has 0 N–H and O–H groups in total. The van der Waals surface area contributed by atoms with Gasteiger partial charge in [0.15, 0.2) is 5.71 Å². The van der Waals surface area contributed by atoms with E-state index in [0.717, 1.165) is 37.4 Å². The first-order chi connectivity index (χ1) is 31.7. The van der Waals surface area contributed by atoms with E-state index >= 15 is 0 Å². The largest absolute Gasteiger partial charge is 1.00 e. The van der Waals surface area contributed by atoms with E-state index in [-0.39, 0.29) is 34.8 Å². The molecule has 2 aliphatic heterocycles. The lowest BCUT2D eigenvalue weighted by Gasteiger charge is -2.27. The Morgan fingerprint density at radius 1 is 0.530 bits per heavy atom. The van der Waals surface area contributed by atoms with E-state index in [9.17, 15) is 0 Å². The minimum atomic E-state index is -0.0483. The summed E-state index contributed by atoms with van der Waals surface area (Å²) in [4.78, 5) is 2.64. The van der Waals surface area contributed by atoms with Crippen LogP contribution in [0.3, 0.4) is 0 Å².